The molecule has 7 nitrogen and oxygen atoms in total. The number of nitrogens with zero attached hydrogens (tertiary/aromatic N) is 1. The van der Waals surface area contributed by atoms with Crippen LogP contribution >= 0.6 is 0 Å². The summed E-state index contributed by atoms with van der Waals surface area (Å²) in [6.07, 6.45) is 5.13. The lowest BCUT2D eigenvalue weighted by molar-refractivity contribution is -0.120. The van der Waals surface area contributed by atoms with Gasteiger partial charge in [0, 0.05) is 49.1 Å². The Labute approximate surface area is 227 Å². The van der Waals surface area contributed by atoms with Crippen LogP contribution in [0.15, 0.2) is 48.0 Å². The second-order valence-corrected chi connectivity index (χ2v) is 8.99. The van der Waals surface area contributed by atoms with E-state index >= 15 is 0 Å². The van der Waals surface area contributed by atoms with Crippen LogP contribution in [0.2, 0.25) is 0 Å². The fraction of sp³-hybridized carbons (Fsp3) is 0.467. The second-order valence-electron chi connectivity index (χ2n) is 8.99. The van der Waals surface area contributed by atoms with Gasteiger partial charge in [0.2, 0.25) is 5.91 Å². The first-order valence-corrected chi connectivity index (χ1v) is 13.1. The normalized spacial score (nSPS) is 10.7. The number of ether oxygens (including phenoxy) is 3. The maximum absolute atomic E-state index is 14.9. The first-order chi connectivity index (χ1) is 18.2. The number of nitrogens with one attached hydrogen (secondary N) is 2. The molecule has 210 valence electrons. The molecule has 0 aromatic heterocycles. The van der Waals surface area contributed by atoms with Gasteiger partial charge in [-0.1, -0.05) is 47.1 Å². The third-order valence-corrected chi connectivity index (χ3v) is 5.21. The van der Waals surface area contributed by atoms with Crippen LogP contribution in [-0.2, 0) is 14.3 Å². The minimum absolute atomic E-state index is 0.00864. The molecule has 0 aliphatic carbocycles. The van der Waals surface area contributed by atoms with Crippen molar-refractivity contribution in [3.63, 3.8) is 0 Å². The number of unbranched alkanes of at least 4 members (excludes halogenated alkanes) is 1. The zero-order valence-electron chi connectivity index (χ0n) is 23.7. The quantitative estimate of drug-likeness (QED) is 0.185. The SMILES string of the molecule is C=C(Nc1ccc(NC(=O)COCCC(C)C)cc1)c1c(F)cc(OCCOC)cc1N=CC.CCCC. The summed E-state index contributed by atoms with van der Waals surface area (Å²) in [5.74, 6) is 0.170. The van der Waals surface area contributed by atoms with Crippen molar-refractivity contribution in [2.45, 2.75) is 53.9 Å². The van der Waals surface area contributed by atoms with Crippen LogP contribution in [0.1, 0.15) is 59.4 Å². The molecule has 0 aliphatic heterocycles. The van der Waals surface area contributed by atoms with Crippen LogP contribution in [-0.4, -0.2) is 45.7 Å². The highest BCUT2D eigenvalue weighted by molar-refractivity contribution is 5.92. The Bertz CT molecular complexity index is 1010. The van der Waals surface area contributed by atoms with Crippen molar-refractivity contribution in [3.05, 3.63) is 54.4 Å². The van der Waals surface area contributed by atoms with Gasteiger partial charge in [0.25, 0.3) is 0 Å². The number of hydrogen-bond acceptors (Lipinski definition) is 6. The van der Waals surface area contributed by atoms with Crippen LogP contribution in [0, 0.1) is 11.7 Å². The highest BCUT2D eigenvalue weighted by atomic mass is 19.1. The van der Waals surface area contributed by atoms with Crippen molar-refractivity contribution >= 4 is 34.9 Å². The van der Waals surface area contributed by atoms with Gasteiger partial charge in [-0.2, -0.15) is 0 Å². The van der Waals surface area contributed by atoms with Crippen molar-refractivity contribution in [1.82, 2.24) is 0 Å². The van der Waals surface area contributed by atoms with E-state index in [1.807, 2.05) is 0 Å². The molecular formula is C30H44FN3O4. The molecule has 0 fully saturated rings. The Kier molecular flexibility index (Phi) is 16.3. The molecule has 0 radical (unpaired) electrons. The van der Waals surface area contributed by atoms with E-state index in [1.165, 1.54) is 18.9 Å². The number of rotatable bonds is 15. The van der Waals surface area contributed by atoms with Crippen LogP contribution in [0.3, 0.4) is 0 Å². The van der Waals surface area contributed by atoms with E-state index in [9.17, 15) is 9.18 Å². The summed E-state index contributed by atoms with van der Waals surface area (Å²) in [5.41, 5.74) is 2.30. The van der Waals surface area contributed by atoms with Crippen LogP contribution in [0.4, 0.5) is 21.5 Å². The first kappa shape index (κ1) is 32.8. The van der Waals surface area contributed by atoms with E-state index in [4.69, 9.17) is 14.2 Å². The smallest absolute Gasteiger partial charge is 0.250 e. The number of hydrogen-bond donors (Lipinski definition) is 2. The Morgan fingerprint density at radius 3 is 2.24 bits per heavy atom. The molecule has 0 spiro atoms. The van der Waals surface area contributed by atoms with E-state index in [2.05, 4.69) is 49.9 Å². The molecule has 0 unspecified atom stereocenters. The highest BCUT2D eigenvalue weighted by Crippen LogP contribution is 2.33. The molecule has 1 amide bonds. The molecule has 0 heterocycles. The number of benzene rings is 2. The first-order valence-electron chi connectivity index (χ1n) is 13.1. The Balaban J connectivity index is 0.00000168. The molecule has 2 aromatic carbocycles. The molecule has 0 saturated carbocycles. The highest BCUT2D eigenvalue weighted by Gasteiger charge is 2.15. The van der Waals surface area contributed by atoms with Gasteiger partial charge in [0.05, 0.1) is 17.9 Å². The predicted octanol–water partition coefficient (Wildman–Crippen LogP) is 7.46. The van der Waals surface area contributed by atoms with Crippen LogP contribution in [0.5, 0.6) is 5.75 Å². The summed E-state index contributed by atoms with van der Waals surface area (Å²) < 4.78 is 30.8. The second kappa shape index (κ2) is 18.9. The fourth-order valence-electron chi connectivity index (χ4n) is 2.99. The van der Waals surface area contributed by atoms with Crippen molar-refractivity contribution in [2.24, 2.45) is 10.9 Å². The number of amides is 1. The third kappa shape index (κ3) is 12.8. The number of aliphatic imine (C=N–C) groups is 1. The summed E-state index contributed by atoms with van der Waals surface area (Å²) in [4.78, 5) is 16.3. The maximum atomic E-state index is 14.9. The monoisotopic (exact) mass is 529 g/mol. The lowest BCUT2D eigenvalue weighted by atomic mass is 10.1. The van der Waals surface area contributed by atoms with Gasteiger partial charge in [-0.05, 0) is 43.5 Å². The number of carbonyl (C=O) groups excluding carboxylic acids is 1. The molecule has 0 atom stereocenters. The number of halogens is 1. The van der Waals surface area contributed by atoms with Crippen molar-refractivity contribution < 1.29 is 23.4 Å². The molecule has 0 aliphatic rings. The summed E-state index contributed by atoms with van der Waals surface area (Å²) in [6, 6.07) is 9.98. The van der Waals surface area contributed by atoms with Gasteiger partial charge >= 0.3 is 0 Å². The number of methoxy groups -OCH3 is 1. The molecule has 2 rings (SSSR count). The van der Waals surface area contributed by atoms with E-state index in [1.54, 1.807) is 50.6 Å². The molecule has 2 aromatic rings. The van der Waals surface area contributed by atoms with E-state index in [-0.39, 0.29) is 18.1 Å². The average molecular weight is 530 g/mol. The minimum Gasteiger partial charge on any atom is -0.491 e. The minimum atomic E-state index is -0.505. The fourth-order valence-corrected chi connectivity index (χ4v) is 2.99. The topological polar surface area (TPSA) is 81.2 Å². The summed E-state index contributed by atoms with van der Waals surface area (Å²) in [6.45, 7) is 15.6. The van der Waals surface area contributed by atoms with Gasteiger partial charge in [0.1, 0.15) is 24.8 Å². The summed E-state index contributed by atoms with van der Waals surface area (Å²) in [5, 5.41) is 5.88. The van der Waals surface area contributed by atoms with Crippen molar-refractivity contribution in [2.75, 3.05) is 44.2 Å². The van der Waals surface area contributed by atoms with Gasteiger partial charge < -0.3 is 24.8 Å². The van der Waals surface area contributed by atoms with E-state index in [0.29, 0.717) is 54.2 Å². The predicted molar refractivity (Wildman–Crippen MR) is 156 cm³/mol. The van der Waals surface area contributed by atoms with Gasteiger partial charge in [-0.25, -0.2) is 4.39 Å². The summed E-state index contributed by atoms with van der Waals surface area (Å²) >= 11 is 0. The molecule has 2 N–H and O–H groups in total. The largest absolute Gasteiger partial charge is 0.491 e. The Morgan fingerprint density at radius 2 is 1.68 bits per heavy atom. The van der Waals surface area contributed by atoms with Crippen LogP contribution < -0.4 is 15.4 Å². The molecule has 0 saturated heterocycles. The van der Waals surface area contributed by atoms with Gasteiger partial charge in [-0.15, -0.1) is 0 Å². The Morgan fingerprint density at radius 1 is 1.05 bits per heavy atom. The molecular weight excluding hydrogens is 485 g/mol. The standard InChI is InChI=1S/C26H34FN3O4.C4H10/c1-6-28-24-16-22(34-14-13-32-5)15-23(27)26(24)19(4)29-20-7-9-21(10-8-20)30-25(31)17-33-12-11-18(2)3;1-3-4-2/h6-10,15-16,18,29H,4,11-14,17H2,1-3,5H3,(H,30,31);3-4H2,1-2H3. The zero-order valence-corrected chi connectivity index (χ0v) is 23.7. The number of anilines is 2. The molecule has 8 heteroatoms. The summed E-state index contributed by atoms with van der Waals surface area (Å²) in [7, 11) is 1.57. The third-order valence-electron chi connectivity index (χ3n) is 5.21. The lowest BCUT2D eigenvalue weighted by Crippen LogP contribution is -2.19. The molecule has 0 bridgehead atoms. The zero-order chi connectivity index (χ0) is 28.3. The lowest BCUT2D eigenvalue weighted by Gasteiger charge is -2.15. The van der Waals surface area contributed by atoms with E-state index < -0.39 is 5.82 Å². The average Bonchev–Trinajstić information content (AvgIpc) is 2.88. The maximum Gasteiger partial charge on any atom is 0.250 e. The van der Waals surface area contributed by atoms with Crippen molar-refractivity contribution in [3.8, 4) is 5.75 Å². The Hall–Kier alpha value is -3.23. The van der Waals surface area contributed by atoms with E-state index in [0.717, 1.165) is 6.42 Å². The van der Waals surface area contributed by atoms with Crippen LogP contribution in [0.25, 0.3) is 5.70 Å². The number of carbonyl (C=O) groups is 1. The van der Waals surface area contributed by atoms with Gasteiger partial charge in [0.15, 0.2) is 0 Å². The van der Waals surface area contributed by atoms with Crippen molar-refractivity contribution in [1.29, 1.82) is 0 Å². The van der Waals surface area contributed by atoms with Gasteiger partial charge in [-0.3, -0.25) is 9.79 Å². The molecule has 38 heavy (non-hydrogen) atoms.